The first-order valence-corrected chi connectivity index (χ1v) is 8.72. The predicted molar refractivity (Wildman–Crippen MR) is 94.9 cm³/mol. The molecule has 0 unspecified atom stereocenters. The highest BCUT2D eigenvalue weighted by atomic mass is 35.6. The van der Waals surface area contributed by atoms with Crippen LogP contribution in [0.5, 0.6) is 0 Å². The van der Waals surface area contributed by atoms with E-state index in [4.69, 9.17) is 34.8 Å². The van der Waals surface area contributed by atoms with E-state index in [0.29, 0.717) is 24.2 Å². The number of urea groups is 1. The van der Waals surface area contributed by atoms with Crippen LogP contribution in [0.15, 0.2) is 18.2 Å². The van der Waals surface area contributed by atoms with Crippen molar-refractivity contribution in [3.63, 3.8) is 0 Å². The molecule has 23 heavy (non-hydrogen) atoms. The van der Waals surface area contributed by atoms with Crippen molar-refractivity contribution in [1.29, 1.82) is 0 Å². The maximum Gasteiger partial charge on any atom is 0.318 e. The second kappa shape index (κ2) is 8.95. The highest BCUT2D eigenvalue weighted by molar-refractivity contribution is 6.68. The number of halogens is 4. The average molecular weight is 384 g/mol. The molecule has 1 aromatic carbocycles. The molecule has 0 aliphatic rings. The first kappa shape index (κ1) is 20.3. The summed E-state index contributed by atoms with van der Waals surface area (Å²) in [6, 6.07) is 3.26. The molecular formula is C16H22Cl3FN2O. The van der Waals surface area contributed by atoms with E-state index >= 15 is 0 Å². The second-order valence-electron chi connectivity index (χ2n) is 5.42. The van der Waals surface area contributed by atoms with E-state index in [1.807, 2.05) is 13.8 Å². The summed E-state index contributed by atoms with van der Waals surface area (Å²) in [6.07, 6.45) is 1.65. The van der Waals surface area contributed by atoms with E-state index in [-0.39, 0.29) is 6.03 Å². The van der Waals surface area contributed by atoms with Crippen molar-refractivity contribution in [2.24, 2.45) is 0 Å². The number of hydrogen-bond acceptors (Lipinski definition) is 1. The topological polar surface area (TPSA) is 32.3 Å². The van der Waals surface area contributed by atoms with Gasteiger partial charge in [-0.2, -0.15) is 0 Å². The number of nitrogens with one attached hydrogen (secondary N) is 1. The van der Waals surface area contributed by atoms with Crippen molar-refractivity contribution < 1.29 is 9.18 Å². The molecule has 130 valence electrons. The smallest absolute Gasteiger partial charge is 0.318 e. The van der Waals surface area contributed by atoms with E-state index in [0.717, 1.165) is 12.8 Å². The van der Waals surface area contributed by atoms with Crippen molar-refractivity contribution in [2.45, 2.75) is 43.4 Å². The fraction of sp³-hybridized carbons (Fsp3) is 0.562. The number of carbonyl (C=O) groups excluding carboxylic acids is 1. The van der Waals surface area contributed by atoms with E-state index in [1.54, 1.807) is 24.0 Å². The Kier molecular flexibility index (Phi) is 7.91. The minimum Gasteiger partial charge on any atom is -0.327 e. The third-order valence-electron chi connectivity index (χ3n) is 3.40. The summed E-state index contributed by atoms with van der Waals surface area (Å²) in [5.41, 5.74) is 0.899. The minimum atomic E-state index is -1.79. The quantitative estimate of drug-likeness (QED) is 0.657. The number of amides is 2. The van der Waals surface area contributed by atoms with Gasteiger partial charge in [-0.15, -0.1) is 0 Å². The number of alkyl halides is 3. The van der Waals surface area contributed by atoms with Crippen molar-refractivity contribution in [2.75, 3.05) is 13.1 Å². The Morgan fingerprint density at radius 2 is 1.83 bits per heavy atom. The van der Waals surface area contributed by atoms with Gasteiger partial charge in [-0.1, -0.05) is 60.8 Å². The lowest BCUT2D eigenvalue weighted by molar-refractivity contribution is 0.193. The lowest BCUT2D eigenvalue weighted by Gasteiger charge is -2.30. The Morgan fingerprint density at radius 3 is 2.26 bits per heavy atom. The van der Waals surface area contributed by atoms with Gasteiger partial charge in [0.05, 0.1) is 0 Å². The molecule has 0 aliphatic heterocycles. The Bertz CT molecular complexity index is 529. The van der Waals surface area contributed by atoms with Crippen LogP contribution in [0.25, 0.3) is 0 Å². The zero-order valence-electron chi connectivity index (χ0n) is 13.5. The number of benzene rings is 1. The Morgan fingerprint density at radius 1 is 1.26 bits per heavy atom. The van der Waals surface area contributed by atoms with Crippen LogP contribution in [-0.4, -0.2) is 27.8 Å². The highest BCUT2D eigenvalue weighted by Gasteiger charge is 2.36. The summed E-state index contributed by atoms with van der Waals surface area (Å²) in [6.45, 7) is 6.82. The van der Waals surface area contributed by atoms with Crippen LogP contribution in [0.3, 0.4) is 0 Å². The van der Waals surface area contributed by atoms with Crippen molar-refractivity contribution in [3.8, 4) is 0 Å². The van der Waals surface area contributed by atoms with Gasteiger partial charge in [0.2, 0.25) is 3.79 Å². The third-order valence-corrected chi connectivity index (χ3v) is 4.05. The van der Waals surface area contributed by atoms with Gasteiger partial charge in [-0.3, -0.25) is 0 Å². The molecule has 0 fully saturated rings. The van der Waals surface area contributed by atoms with Gasteiger partial charge >= 0.3 is 6.03 Å². The molecule has 7 heteroatoms. The first-order chi connectivity index (χ1) is 10.7. The molecule has 1 N–H and O–H groups in total. The van der Waals surface area contributed by atoms with Crippen LogP contribution in [0.1, 0.15) is 43.9 Å². The minimum absolute atomic E-state index is 0.328. The van der Waals surface area contributed by atoms with Gasteiger partial charge in [0.15, 0.2) is 0 Å². The van der Waals surface area contributed by atoms with Gasteiger partial charge in [-0.25, -0.2) is 9.18 Å². The Labute approximate surface area is 152 Å². The summed E-state index contributed by atoms with van der Waals surface area (Å²) < 4.78 is 12.0. The monoisotopic (exact) mass is 382 g/mol. The highest BCUT2D eigenvalue weighted by Crippen LogP contribution is 2.40. The fourth-order valence-electron chi connectivity index (χ4n) is 2.21. The van der Waals surface area contributed by atoms with E-state index < -0.39 is 15.7 Å². The number of hydrogen-bond donors (Lipinski definition) is 1. The van der Waals surface area contributed by atoms with Crippen LogP contribution < -0.4 is 5.32 Å². The molecule has 1 rings (SSSR count). The summed E-state index contributed by atoms with van der Waals surface area (Å²) >= 11 is 18.0. The first-order valence-electron chi connectivity index (χ1n) is 7.58. The van der Waals surface area contributed by atoms with Gasteiger partial charge in [0, 0.05) is 13.1 Å². The molecule has 2 amide bonds. The number of nitrogens with zero attached hydrogens (tertiary/aromatic N) is 1. The molecule has 1 aromatic rings. The summed E-state index contributed by atoms with van der Waals surface area (Å²) in [5, 5.41) is 2.71. The zero-order chi connectivity index (χ0) is 17.6. The maximum atomic E-state index is 13.8. The largest absolute Gasteiger partial charge is 0.327 e. The Balaban J connectivity index is 3.03. The van der Waals surface area contributed by atoms with Crippen LogP contribution in [0.2, 0.25) is 0 Å². The predicted octanol–water partition coefficient (Wildman–Crippen LogP) is 5.38. The standard InChI is InChI=1S/C16H22Cl3FN2O/c1-4-8-22(9-5-2)15(23)21-14(16(17,18)19)12-7-6-11(3)13(20)10-12/h6-7,10,14H,4-5,8-9H2,1-3H3,(H,21,23)/t14-/m0/s1. The van der Waals surface area contributed by atoms with Gasteiger partial charge in [0.1, 0.15) is 11.9 Å². The zero-order valence-corrected chi connectivity index (χ0v) is 15.8. The Hall–Kier alpha value is -0.710. The summed E-state index contributed by atoms with van der Waals surface area (Å²) in [7, 11) is 0. The molecule has 3 nitrogen and oxygen atoms in total. The molecule has 0 saturated heterocycles. The molecule has 0 radical (unpaired) electrons. The van der Waals surface area contributed by atoms with Crippen molar-refractivity contribution >= 4 is 40.8 Å². The lowest BCUT2D eigenvalue weighted by Crippen LogP contribution is -2.45. The van der Waals surface area contributed by atoms with E-state index in [2.05, 4.69) is 5.32 Å². The third kappa shape index (κ3) is 6.02. The van der Waals surface area contributed by atoms with Crippen LogP contribution in [0.4, 0.5) is 9.18 Å². The van der Waals surface area contributed by atoms with Crippen molar-refractivity contribution in [3.05, 3.63) is 35.1 Å². The fourth-order valence-corrected chi connectivity index (χ4v) is 2.75. The number of carbonyl (C=O) groups is 1. The SMILES string of the molecule is CCCN(CCC)C(=O)N[C@@H](c1ccc(C)c(F)c1)C(Cl)(Cl)Cl. The molecule has 1 atom stereocenters. The molecule has 0 aromatic heterocycles. The normalized spacial score (nSPS) is 12.8. The molecule has 0 saturated carbocycles. The summed E-state index contributed by atoms with van der Waals surface area (Å²) in [5.74, 6) is -0.407. The maximum absolute atomic E-state index is 13.8. The molecule has 0 aliphatic carbocycles. The molecular weight excluding hydrogens is 362 g/mol. The second-order valence-corrected chi connectivity index (χ2v) is 7.79. The average Bonchev–Trinajstić information content (AvgIpc) is 2.46. The van der Waals surface area contributed by atoms with Gasteiger partial charge in [-0.05, 0) is 37.0 Å². The van der Waals surface area contributed by atoms with E-state index in [1.165, 1.54) is 6.07 Å². The van der Waals surface area contributed by atoms with Crippen LogP contribution in [-0.2, 0) is 0 Å². The van der Waals surface area contributed by atoms with E-state index in [9.17, 15) is 9.18 Å². The van der Waals surface area contributed by atoms with Gasteiger partial charge < -0.3 is 10.2 Å². The molecule has 0 spiro atoms. The van der Waals surface area contributed by atoms with Crippen LogP contribution in [0, 0.1) is 12.7 Å². The van der Waals surface area contributed by atoms with Crippen LogP contribution >= 0.6 is 34.8 Å². The molecule has 0 bridgehead atoms. The lowest BCUT2D eigenvalue weighted by atomic mass is 10.1. The number of aryl methyl sites for hydroxylation is 1. The summed E-state index contributed by atoms with van der Waals surface area (Å²) in [4.78, 5) is 14.1. The number of rotatable bonds is 6. The molecule has 0 heterocycles. The van der Waals surface area contributed by atoms with Gasteiger partial charge in [0.25, 0.3) is 0 Å². The van der Waals surface area contributed by atoms with Crippen molar-refractivity contribution in [1.82, 2.24) is 10.2 Å².